The molecule has 0 unspecified atom stereocenters. The Bertz CT molecular complexity index is 743. The van der Waals surface area contributed by atoms with Crippen LogP contribution >= 0.6 is 22.9 Å². The number of hydrogen-bond acceptors (Lipinski definition) is 5. The van der Waals surface area contributed by atoms with Crippen LogP contribution < -0.4 is 10.1 Å². The second-order valence-corrected chi connectivity index (χ2v) is 6.15. The van der Waals surface area contributed by atoms with Gasteiger partial charge in [0.2, 0.25) is 0 Å². The van der Waals surface area contributed by atoms with Crippen molar-refractivity contribution < 1.29 is 19.1 Å². The van der Waals surface area contributed by atoms with Crippen LogP contribution in [0.1, 0.15) is 11.8 Å². The average molecular weight is 366 g/mol. The lowest BCUT2D eigenvalue weighted by Crippen LogP contribution is -2.29. The Morgan fingerprint density at radius 1 is 1.33 bits per heavy atom. The maximum Gasteiger partial charge on any atom is 0.331 e. The molecule has 24 heavy (non-hydrogen) atoms. The summed E-state index contributed by atoms with van der Waals surface area (Å²) in [5, 5.41) is 4.91. The van der Waals surface area contributed by atoms with Gasteiger partial charge < -0.3 is 14.8 Å². The van der Waals surface area contributed by atoms with Crippen LogP contribution in [-0.4, -0.2) is 25.1 Å². The van der Waals surface area contributed by atoms with E-state index in [4.69, 9.17) is 21.1 Å². The van der Waals surface area contributed by atoms with Gasteiger partial charge in [-0.3, -0.25) is 4.79 Å². The van der Waals surface area contributed by atoms with Crippen molar-refractivity contribution in [2.75, 3.05) is 12.4 Å². The number of amides is 1. The third-order valence-electron chi connectivity index (χ3n) is 3.01. The lowest BCUT2D eigenvalue weighted by atomic mass is 10.2. The van der Waals surface area contributed by atoms with E-state index in [2.05, 4.69) is 5.32 Å². The summed E-state index contributed by atoms with van der Waals surface area (Å²) in [6.45, 7) is 1.50. The third-order valence-corrected chi connectivity index (χ3v) is 4.14. The predicted octanol–water partition coefficient (Wildman–Crippen LogP) is 3.99. The van der Waals surface area contributed by atoms with Crippen molar-refractivity contribution in [2.45, 2.75) is 13.0 Å². The van der Waals surface area contributed by atoms with Gasteiger partial charge >= 0.3 is 5.97 Å². The van der Waals surface area contributed by atoms with Crippen molar-refractivity contribution in [3.63, 3.8) is 0 Å². The summed E-state index contributed by atoms with van der Waals surface area (Å²) >= 11 is 7.50. The molecule has 1 heterocycles. The first kappa shape index (κ1) is 18.0. The van der Waals surface area contributed by atoms with Crippen molar-refractivity contribution >= 4 is 46.6 Å². The highest BCUT2D eigenvalue weighted by Gasteiger charge is 2.17. The molecule has 1 atom stereocenters. The summed E-state index contributed by atoms with van der Waals surface area (Å²) in [4.78, 5) is 24.7. The highest BCUT2D eigenvalue weighted by molar-refractivity contribution is 7.10. The maximum atomic E-state index is 12.1. The van der Waals surface area contributed by atoms with Gasteiger partial charge in [-0.15, -0.1) is 11.3 Å². The van der Waals surface area contributed by atoms with Gasteiger partial charge in [-0.2, -0.15) is 0 Å². The highest BCUT2D eigenvalue weighted by Crippen LogP contribution is 2.27. The first-order chi connectivity index (χ1) is 11.5. The predicted molar refractivity (Wildman–Crippen MR) is 95.5 cm³/mol. The van der Waals surface area contributed by atoms with Crippen LogP contribution in [0.5, 0.6) is 5.75 Å². The number of halogens is 1. The minimum atomic E-state index is -0.939. The molecule has 0 saturated carbocycles. The summed E-state index contributed by atoms with van der Waals surface area (Å²) in [7, 11) is 1.50. The Morgan fingerprint density at radius 2 is 2.12 bits per heavy atom. The van der Waals surface area contributed by atoms with Gasteiger partial charge in [0.25, 0.3) is 5.91 Å². The fraction of sp³-hybridized carbons (Fsp3) is 0.176. The molecular formula is C17H16ClNO4S. The van der Waals surface area contributed by atoms with E-state index in [9.17, 15) is 9.59 Å². The van der Waals surface area contributed by atoms with Crippen molar-refractivity contribution in [3.8, 4) is 5.75 Å². The number of benzene rings is 1. The van der Waals surface area contributed by atoms with Gasteiger partial charge in [0.15, 0.2) is 6.10 Å². The topological polar surface area (TPSA) is 64.6 Å². The highest BCUT2D eigenvalue weighted by atomic mass is 35.5. The molecule has 2 rings (SSSR count). The largest absolute Gasteiger partial charge is 0.495 e. The van der Waals surface area contributed by atoms with Crippen LogP contribution in [0.15, 0.2) is 41.8 Å². The maximum absolute atomic E-state index is 12.1. The zero-order valence-corrected chi connectivity index (χ0v) is 14.7. The first-order valence-electron chi connectivity index (χ1n) is 7.06. The number of rotatable bonds is 6. The van der Waals surface area contributed by atoms with Gasteiger partial charge in [0, 0.05) is 16.6 Å². The molecule has 7 heteroatoms. The van der Waals surface area contributed by atoms with E-state index in [1.807, 2.05) is 17.5 Å². The Balaban J connectivity index is 1.89. The van der Waals surface area contributed by atoms with Gasteiger partial charge in [0.1, 0.15) is 5.75 Å². The van der Waals surface area contributed by atoms with Crippen LogP contribution in [0, 0.1) is 0 Å². The average Bonchev–Trinajstić information content (AvgIpc) is 3.06. The Kier molecular flexibility index (Phi) is 6.40. The first-order valence-corrected chi connectivity index (χ1v) is 8.32. The van der Waals surface area contributed by atoms with Crippen LogP contribution in [0.4, 0.5) is 5.69 Å². The van der Waals surface area contributed by atoms with Gasteiger partial charge in [-0.05, 0) is 42.6 Å². The van der Waals surface area contributed by atoms with Crippen LogP contribution in [0.25, 0.3) is 6.08 Å². The van der Waals surface area contributed by atoms with Crippen LogP contribution in [0.3, 0.4) is 0 Å². The van der Waals surface area contributed by atoms with Crippen molar-refractivity contribution in [1.82, 2.24) is 0 Å². The normalized spacial score (nSPS) is 12.0. The standard InChI is InChI=1S/C17H16ClNO4S/c1-11(23-16(20)8-6-13-4-3-9-24-13)17(21)19-12-5-7-15(22-2)14(18)10-12/h3-11H,1-2H3,(H,19,21)/b8-6+/t11-/m0/s1. The summed E-state index contributed by atoms with van der Waals surface area (Å²) in [5.41, 5.74) is 0.489. The summed E-state index contributed by atoms with van der Waals surface area (Å²) in [5.74, 6) is -0.527. The molecule has 0 fully saturated rings. The molecule has 1 N–H and O–H groups in total. The van der Waals surface area contributed by atoms with E-state index in [0.717, 1.165) is 4.88 Å². The molecule has 0 radical (unpaired) electrons. The summed E-state index contributed by atoms with van der Waals surface area (Å²) in [6, 6.07) is 8.60. The van der Waals surface area contributed by atoms with E-state index in [1.54, 1.807) is 24.3 Å². The third kappa shape index (κ3) is 5.11. The van der Waals surface area contributed by atoms with E-state index < -0.39 is 18.0 Å². The lowest BCUT2D eigenvalue weighted by molar-refractivity contribution is -0.148. The minimum absolute atomic E-state index is 0.374. The van der Waals surface area contributed by atoms with Gasteiger partial charge in [-0.25, -0.2) is 4.79 Å². The molecule has 0 aliphatic carbocycles. The monoisotopic (exact) mass is 365 g/mol. The SMILES string of the molecule is COc1ccc(NC(=O)[C@H](C)OC(=O)/C=C/c2cccs2)cc1Cl. The molecule has 0 aliphatic heterocycles. The number of carbonyl (C=O) groups is 2. The molecular weight excluding hydrogens is 350 g/mol. The minimum Gasteiger partial charge on any atom is -0.495 e. The molecule has 0 bridgehead atoms. The van der Waals surface area contributed by atoms with E-state index in [0.29, 0.717) is 16.5 Å². The van der Waals surface area contributed by atoms with Gasteiger partial charge in [0.05, 0.1) is 12.1 Å². The number of nitrogens with one attached hydrogen (secondary N) is 1. The Hall–Kier alpha value is -2.31. The van der Waals surface area contributed by atoms with Crippen LogP contribution in [0.2, 0.25) is 5.02 Å². The molecule has 5 nitrogen and oxygen atoms in total. The molecule has 2 aromatic rings. The zero-order chi connectivity index (χ0) is 17.5. The Labute approximate surface area is 148 Å². The van der Waals surface area contributed by atoms with E-state index in [1.165, 1.54) is 31.4 Å². The van der Waals surface area contributed by atoms with Crippen molar-refractivity contribution in [3.05, 3.63) is 51.7 Å². The second kappa shape index (κ2) is 8.52. The number of carbonyl (C=O) groups excluding carboxylic acids is 2. The number of hydrogen-bond donors (Lipinski definition) is 1. The number of anilines is 1. The quantitative estimate of drug-likeness (QED) is 0.621. The molecule has 1 amide bonds. The van der Waals surface area contributed by atoms with E-state index >= 15 is 0 Å². The molecule has 0 saturated heterocycles. The van der Waals surface area contributed by atoms with Crippen molar-refractivity contribution in [1.29, 1.82) is 0 Å². The number of methoxy groups -OCH3 is 1. The summed E-state index contributed by atoms with van der Waals surface area (Å²) < 4.78 is 10.1. The molecule has 1 aromatic carbocycles. The summed E-state index contributed by atoms with van der Waals surface area (Å²) in [6.07, 6.45) is 1.99. The van der Waals surface area contributed by atoms with Crippen molar-refractivity contribution in [2.24, 2.45) is 0 Å². The fourth-order valence-corrected chi connectivity index (χ4v) is 2.67. The molecule has 126 valence electrons. The number of ether oxygens (including phenoxy) is 2. The van der Waals surface area contributed by atoms with E-state index in [-0.39, 0.29) is 0 Å². The number of esters is 1. The molecule has 0 spiro atoms. The lowest BCUT2D eigenvalue weighted by Gasteiger charge is -2.13. The molecule has 0 aliphatic rings. The zero-order valence-electron chi connectivity index (χ0n) is 13.1. The molecule has 1 aromatic heterocycles. The van der Waals surface area contributed by atoms with Crippen LogP contribution in [-0.2, 0) is 14.3 Å². The van der Waals surface area contributed by atoms with Gasteiger partial charge in [-0.1, -0.05) is 17.7 Å². The smallest absolute Gasteiger partial charge is 0.331 e. The second-order valence-electron chi connectivity index (χ2n) is 4.77. The number of thiophene rings is 1. The Morgan fingerprint density at radius 3 is 2.75 bits per heavy atom. The fourth-order valence-electron chi connectivity index (χ4n) is 1.79.